The van der Waals surface area contributed by atoms with Gasteiger partial charge in [-0.3, -0.25) is 9.69 Å². The summed E-state index contributed by atoms with van der Waals surface area (Å²) in [5.41, 5.74) is 2.74. The SMILES string of the molecule is Cc1c(C(=O)N2CCC(C)N(Cc3ccccc3)CC2)nnn1C1CCNCC1. The molecule has 7 nitrogen and oxygen atoms in total. The van der Waals surface area contributed by atoms with Crippen molar-refractivity contribution in [1.29, 1.82) is 0 Å². The first-order valence-corrected chi connectivity index (χ1v) is 10.8. The van der Waals surface area contributed by atoms with Crippen LogP contribution in [0.25, 0.3) is 0 Å². The third kappa shape index (κ3) is 4.51. The van der Waals surface area contributed by atoms with Crippen LogP contribution in [-0.2, 0) is 6.54 Å². The second-order valence-corrected chi connectivity index (χ2v) is 8.34. The molecule has 0 aliphatic carbocycles. The van der Waals surface area contributed by atoms with Crippen LogP contribution in [0.15, 0.2) is 30.3 Å². The predicted molar refractivity (Wildman–Crippen MR) is 113 cm³/mol. The van der Waals surface area contributed by atoms with Gasteiger partial charge in [-0.25, -0.2) is 4.68 Å². The summed E-state index contributed by atoms with van der Waals surface area (Å²) < 4.78 is 1.97. The molecule has 29 heavy (non-hydrogen) atoms. The van der Waals surface area contributed by atoms with Gasteiger partial charge in [0.2, 0.25) is 0 Å². The van der Waals surface area contributed by atoms with Gasteiger partial charge in [0.05, 0.1) is 11.7 Å². The van der Waals surface area contributed by atoms with Crippen molar-refractivity contribution in [2.75, 3.05) is 32.7 Å². The van der Waals surface area contributed by atoms with Crippen molar-refractivity contribution in [3.8, 4) is 0 Å². The molecule has 0 saturated carbocycles. The summed E-state index contributed by atoms with van der Waals surface area (Å²) >= 11 is 0. The van der Waals surface area contributed by atoms with Gasteiger partial charge in [0.25, 0.3) is 5.91 Å². The number of nitrogens with zero attached hydrogens (tertiary/aromatic N) is 5. The standard InChI is InChI=1S/C22H32N6O/c1-17-10-13-26(14-15-27(17)16-19-6-4-3-5-7-19)22(29)21-18(2)28(25-24-21)20-8-11-23-12-9-20/h3-7,17,20,23H,8-16H2,1-2H3. The zero-order valence-corrected chi connectivity index (χ0v) is 17.5. The van der Waals surface area contributed by atoms with Crippen LogP contribution in [0, 0.1) is 6.92 Å². The van der Waals surface area contributed by atoms with Crippen molar-refractivity contribution < 1.29 is 4.79 Å². The number of nitrogens with one attached hydrogen (secondary N) is 1. The Kier molecular flexibility index (Phi) is 6.25. The number of hydrogen-bond donors (Lipinski definition) is 1. The monoisotopic (exact) mass is 396 g/mol. The van der Waals surface area contributed by atoms with E-state index in [-0.39, 0.29) is 5.91 Å². The maximum Gasteiger partial charge on any atom is 0.276 e. The van der Waals surface area contributed by atoms with E-state index >= 15 is 0 Å². The first kappa shape index (κ1) is 20.0. The van der Waals surface area contributed by atoms with Gasteiger partial charge in [0.1, 0.15) is 0 Å². The Hall–Kier alpha value is -2.25. The molecule has 156 valence electrons. The summed E-state index contributed by atoms with van der Waals surface area (Å²) in [5.74, 6) is 0.0245. The number of benzene rings is 1. The molecule has 2 fully saturated rings. The van der Waals surface area contributed by atoms with Crippen LogP contribution in [0.5, 0.6) is 0 Å². The summed E-state index contributed by atoms with van der Waals surface area (Å²) in [5, 5.41) is 12.0. The van der Waals surface area contributed by atoms with Gasteiger partial charge < -0.3 is 10.2 Å². The third-order valence-electron chi connectivity index (χ3n) is 6.40. The van der Waals surface area contributed by atoms with E-state index in [4.69, 9.17) is 0 Å². The largest absolute Gasteiger partial charge is 0.336 e. The van der Waals surface area contributed by atoms with Crippen LogP contribution < -0.4 is 5.32 Å². The van der Waals surface area contributed by atoms with E-state index in [0.717, 1.165) is 64.2 Å². The molecule has 4 rings (SSSR count). The van der Waals surface area contributed by atoms with E-state index in [1.54, 1.807) is 0 Å². The lowest BCUT2D eigenvalue weighted by atomic mass is 10.1. The molecular formula is C22H32N6O. The van der Waals surface area contributed by atoms with Gasteiger partial charge in [-0.05, 0) is 51.8 Å². The van der Waals surface area contributed by atoms with Gasteiger partial charge >= 0.3 is 0 Å². The third-order valence-corrected chi connectivity index (χ3v) is 6.40. The molecule has 1 aromatic heterocycles. The molecule has 2 aromatic rings. The van der Waals surface area contributed by atoms with E-state index < -0.39 is 0 Å². The van der Waals surface area contributed by atoms with Crippen molar-refractivity contribution >= 4 is 5.91 Å². The van der Waals surface area contributed by atoms with Gasteiger partial charge in [0.15, 0.2) is 5.69 Å². The minimum Gasteiger partial charge on any atom is -0.336 e. The summed E-state index contributed by atoms with van der Waals surface area (Å²) in [6, 6.07) is 11.3. The number of carbonyl (C=O) groups is 1. The zero-order chi connectivity index (χ0) is 20.2. The highest BCUT2D eigenvalue weighted by atomic mass is 16.2. The fraction of sp³-hybridized carbons (Fsp3) is 0.591. The molecule has 1 amide bonds. The minimum absolute atomic E-state index is 0.0245. The fourth-order valence-electron chi connectivity index (χ4n) is 4.45. The second kappa shape index (κ2) is 9.05. The normalized spacial score (nSPS) is 21.9. The van der Waals surface area contributed by atoms with Crippen molar-refractivity contribution in [2.24, 2.45) is 0 Å². The smallest absolute Gasteiger partial charge is 0.276 e. The van der Waals surface area contributed by atoms with Crippen molar-refractivity contribution in [2.45, 2.75) is 51.7 Å². The topological polar surface area (TPSA) is 66.3 Å². The summed E-state index contributed by atoms with van der Waals surface area (Å²) in [7, 11) is 0. The van der Waals surface area contributed by atoms with Crippen molar-refractivity contribution in [3.05, 3.63) is 47.3 Å². The fourth-order valence-corrected chi connectivity index (χ4v) is 4.45. The molecule has 0 spiro atoms. The van der Waals surface area contributed by atoms with Crippen LogP contribution >= 0.6 is 0 Å². The average Bonchev–Trinajstić information content (AvgIpc) is 3.05. The number of hydrogen-bond acceptors (Lipinski definition) is 5. The van der Waals surface area contributed by atoms with Crippen LogP contribution in [0.4, 0.5) is 0 Å². The van der Waals surface area contributed by atoms with E-state index in [9.17, 15) is 4.79 Å². The first-order valence-electron chi connectivity index (χ1n) is 10.8. The molecule has 2 saturated heterocycles. The van der Waals surface area contributed by atoms with E-state index in [1.165, 1.54) is 5.56 Å². The Morgan fingerprint density at radius 3 is 2.62 bits per heavy atom. The summed E-state index contributed by atoms with van der Waals surface area (Å²) in [6.45, 7) is 9.54. The highest BCUT2D eigenvalue weighted by Crippen LogP contribution is 2.22. The van der Waals surface area contributed by atoms with E-state index in [1.807, 2.05) is 16.5 Å². The maximum atomic E-state index is 13.2. The lowest BCUT2D eigenvalue weighted by molar-refractivity contribution is 0.0754. The number of piperidine rings is 1. The van der Waals surface area contributed by atoms with Gasteiger partial charge in [-0.2, -0.15) is 0 Å². The van der Waals surface area contributed by atoms with Crippen LogP contribution in [-0.4, -0.2) is 69.5 Å². The molecule has 2 aliphatic rings. The molecule has 3 heterocycles. The number of amides is 1. The molecule has 1 aromatic carbocycles. The van der Waals surface area contributed by atoms with Crippen LogP contribution in [0.1, 0.15) is 54.0 Å². The Balaban J connectivity index is 1.42. The van der Waals surface area contributed by atoms with Gasteiger partial charge in [-0.1, -0.05) is 35.5 Å². The maximum absolute atomic E-state index is 13.2. The van der Waals surface area contributed by atoms with E-state index in [2.05, 4.69) is 57.8 Å². The van der Waals surface area contributed by atoms with Gasteiger partial charge in [0, 0.05) is 32.2 Å². The Morgan fingerprint density at radius 2 is 1.86 bits per heavy atom. The van der Waals surface area contributed by atoms with Crippen molar-refractivity contribution in [1.82, 2.24) is 30.1 Å². The lowest BCUT2D eigenvalue weighted by Crippen LogP contribution is -2.36. The Bertz CT molecular complexity index is 814. The number of rotatable bonds is 4. The molecule has 7 heteroatoms. The number of aromatic nitrogens is 3. The second-order valence-electron chi connectivity index (χ2n) is 8.34. The highest BCUT2D eigenvalue weighted by molar-refractivity contribution is 5.93. The number of carbonyl (C=O) groups excluding carboxylic acids is 1. The van der Waals surface area contributed by atoms with Crippen LogP contribution in [0.2, 0.25) is 0 Å². The predicted octanol–water partition coefficient (Wildman–Crippen LogP) is 2.25. The summed E-state index contributed by atoms with van der Waals surface area (Å²) in [6.07, 6.45) is 3.04. The molecule has 1 atom stereocenters. The zero-order valence-electron chi connectivity index (χ0n) is 17.5. The minimum atomic E-state index is 0.0245. The lowest BCUT2D eigenvalue weighted by Gasteiger charge is -2.26. The Morgan fingerprint density at radius 1 is 1.10 bits per heavy atom. The Labute approximate surface area is 173 Å². The highest BCUT2D eigenvalue weighted by Gasteiger charge is 2.29. The van der Waals surface area contributed by atoms with E-state index in [0.29, 0.717) is 17.8 Å². The average molecular weight is 397 g/mol. The van der Waals surface area contributed by atoms with Crippen LogP contribution in [0.3, 0.4) is 0 Å². The molecule has 1 unspecified atom stereocenters. The quantitative estimate of drug-likeness (QED) is 0.859. The first-order chi connectivity index (χ1) is 14.1. The van der Waals surface area contributed by atoms with Crippen molar-refractivity contribution in [3.63, 3.8) is 0 Å². The molecular weight excluding hydrogens is 364 g/mol. The summed E-state index contributed by atoms with van der Waals surface area (Å²) in [4.78, 5) is 17.7. The molecule has 2 aliphatic heterocycles. The molecule has 1 N–H and O–H groups in total. The van der Waals surface area contributed by atoms with Gasteiger partial charge in [-0.15, -0.1) is 5.10 Å². The molecule has 0 radical (unpaired) electrons. The molecule has 0 bridgehead atoms.